The van der Waals surface area contributed by atoms with E-state index >= 15 is 0 Å². The monoisotopic (exact) mass is 719 g/mol. The van der Waals surface area contributed by atoms with Crippen molar-refractivity contribution in [2.45, 2.75) is 0 Å². The number of benzene rings is 7. The minimum atomic E-state index is 0.706. The van der Waals surface area contributed by atoms with E-state index in [9.17, 15) is 0 Å². The summed E-state index contributed by atoms with van der Waals surface area (Å²) < 4.78 is 1.25. The van der Waals surface area contributed by atoms with Crippen LogP contribution >= 0.6 is 11.3 Å². The van der Waals surface area contributed by atoms with E-state index in [1.54, 1.807) is 0 Å². The van der Waals surface area contributed by atoms with Crippen molar-refractivity contribution in [1.82, 2.24) is 15.0 Å². The molecule has 3 aromatic heterocycles. The molecular formula is C51H33N3S. The largest absolute Gasteiger partial charge is 0.247 e. The van der Waals surface area contributed by atoms with Crippen molar-refractivity contribution in [3.8, 4) is 77.9 Å². The number of fused-ring (bicyclic) bond motifs is 3. The molecule has 55 heavy (non-hydrogen) atoms. The molecule has 0 aliphatic heterocycles. The molecule has 0 saturated heterocycles. The smallest absolute Gasteiger partial charge is 0.160 e. The molecule has 0 amide bonds. The molecule has 0 fully saturated rings. The van der Waals surface area contributed by atoms with Crippen LogP contribution in [0.2, 0.25) is 0 Å². The third-order valence-corrected chi connectivity index (χ3v) is 11.4. The van der Waals surface area contributed by atoms with E-state index < -0.39 is 0 Å². The summed E-state index contributed by atoms with van der Waals surface area (Å²) in [5, 5.41) is 2.35. The molecule has 10 aromatic rings. The van der Waals surface area contributed by atoms with E-state index in [0.29, 0.717) is 5.82 Å². The van der Waals surface area contributed by atoms with Gasteiger partial charge in [-0.05, 0) is 46.5 Å². The second-order valence-corrected chi connectivity index (χ2v) is 14.6. The van der Waals surface area contributed by atoms with E-state index in [4.69, 9.17) is 15.0 Å². The number of thiophene rings is 1. The maximum atomic E-state index is 5.35. The number of rotatable bonds is 7. The van der Waals surface area contributed by atoms with Crippen molar-refractivity contribution in [3.63, 3.8) is 0 Å². The van der Waals surface area contributed by atoms with Gasteiger partial charge in [0.05, 0.1) is 22.6 Å². The second-order valence-electron chi connectivity index (χ2n) is 13.6. The highest BCUT2D eigenvalue weighted by Gasteiger charge is 2.23. The molecule has 0 aliphatic rings. The fourth-order valence-electron chi connectivity index (χ4n) is 7.44. The SMILES string of the molecule is c1ccc(-c2cc(-c3cccc(-c4cccc(-c5c(-c6ccccc6)sc6c5c(-c5ccccc5)nc5ccccc56)c4)c3)nc(-c3ccccc3)n2)cc1. The molecule has 4 heteroatoms. The highest BCUT2D eigenvalue weighted by Crippen LogP contribution is 2.50. The molecule has 7 aromatic carbocycles. The van der Waals surface area contributed by atoms with Gasteiger partial charge in [-0.2, -0.15) is 0 Å². The lowest BCUT2D eigenvalue weighted by molar-refractivity contribution is 1.18. The Balaban J connectivity index is 1.16. The molecule has 3 nitrogen and oxygen atoms in total. The van der Waals surface area contributed by atoms with Gasteiger partial charge in [0, 0.05) is 48.2 Å². The Morgan fingerprint density at radius 2 is 0.836 bits per heavy atom. The lowest BCUT2D eigenvalue weighted by Gasteiger charge is -2.13. The first kappa shape index (κ1) is 32.6. The fourth-order valence-corrected chi connectivity index (χ4v) is 8.80. The lowest BCUT2D eigenvalue weighted by atomic mass is 9.92. The molecule has 0 spiro atoms. The minimum absolute atomic E-state index is 0.706. The van der Waals surface area contributed by atoms with E-state index in [2.05, 4.69) is 164 Å². The predicted molar refractivity (Wildman–Crippen MR) is 231 cm³/mol. The van der Waals surface area contributed by atoms with E-state index in [1.165, 1.54) is 31.5 Å². The standard InChI is InChI=1S/C51H33N3S/c1-5-17-34(18-6-1)44-33-45(54-51(53-44)37-23-11-4-12-24-37)40-27-15-25-38(31-40)39-26-16-28-41(32-39)46-47-48(35-19-7-2-8-20-35)52-43-30-14-13-29-42(43)50(47)55-49(46)36-21-9-3-10-22-36/h1-33H. The number of aromatic nitrogens is 3. The minimum Gasteiger partial charge on any atom is -0.247 e. The van der Waals surface area contributed by atoms with Crippen LogP contribution in [0.3, 0.4) is 0 Å². The summed E-state index contributed by atoms with van der Waals surface area (Å²) in [6, 6.07) is 70.2. The molecule has 0 unspecified atom stereocenters. The molecule has 3 heterocycles. The van der Waals surface area contributed by atoms with Crippen LogP contribution in [0.5, 0.6) is 0 Å². The lowest BCUT2D eigenvalue weighted by Crippen LogP contribution is -1.96. The number of pyridine rings is 1. The predicted octanol–water partition coefficient (Wildman–Crippen LogP) is 13.9. The zero-order chi connectivity index (χ0) is 36.6. The summed E-state index contributed by atoms with van der Waals surface area (Å²) in [6.07, 6.45) is 0. The zero-order valence-electron chi connectivity index (χ0n) is 29.8. The van der Waals surface area contributed by atoms with Crippen LogP contribution in [0.25, 0.3) is 98.8 Å². The van der Waals surface area contributed by atoms with Crippen LogP contribution < -0.4 is 0 Å². The Hall–Kier alpha value is -7.01. The van der Waals surface area contributed by atoms with Gasteiger partial charge in [0.15, 0.2) is 5.82 Å². The highest BCUT2D eigenvalue weighted by atomic mass is 32.1. The summed E-state index contributed by atoms with van der Waals surface area (Å²) in [5.41, 5.74) is 13.8. The summed E-state index contributed by atoms with van der Waals surface area (Å²) >= 11 is 1.86. The van der Waals surface area contributed by atoms with Gasteiger partial charge in [-0.1, -0.05) is 176 Å². The van der Waals surface area contributed by atoms with Gasteiger partial charge < -0.3 is 0 Å². The van der Waals surface area contributed by atoms with Gasteiger partial charge in [0.2, 0.25) is 0 Å². The molecule has 0 radical (unpaired) electrons. The summed E-state index contributed by atoms with van der Waals surface area (Å²) in [7, 11) is 0. The number of hydrogen-bond acceptors (Lipinski definition) is 4. The van der Waals surface area contributed by atoms with Gasteiger partial charge in [-0.3, -0.25) is 0 Å². The third kappa shape index (κ3) is 6.19. The van der Waals surface area contributed by atoms with Crippen molar-refractivity contribution in [1.29, 1.82) is 0 Å². The van der Waals surface area contributed by atoms with E-state index in [1.807, 2.05) is 47.7 Å². The first-order valence-electron chi connectivity index (χ1n) is 18.4. The van der Waals surface area contributed by atoms with Crippen molar-refractivity contribution in [2.24, 2.45) is 0 Å². The maximum absolute atomic E-state index is 5.35. The Morgan fingerprint density at radius 1 is 0.345 bits per heavy atom. The Labute approximate surface area is 323 Å². The van der Waals surface area contributed by atoms with Crippen molar-refractivity contribution in [3.05, 3.63) is 200 Å². The van der Waals surface area contributed by atoms with Gasteiger partial charge >= 0.3 is 0 Å². The van der Waals surface area contributed by atoms with Crippen molar-refractivity contribution in [2.75, 3.05) is 0 Å². The van der Waals surface area contributed by atoms with Gasteiger partial charge in [0.1, 0.15) is 0 Å². The van der Waals surface area contributed by atoms with Gasteiger partial charge in [-0.15, -0.1) is 11.3 Å². The molecular weight excluding hydrogens is 687 g/mol. The number of nitrogens with zero attached hydrogens (tertiary/aromatic N) is 3. The first-order valence-corrected chi connectivity index (χ1v) is 19.3. The third-order valence-electron chi connectivity index (χ3n) is 10.1. The van der Waals surface area contributed by atoms with Crippen LogP contribution in [-0.4, -0.2) is 15.0 Å². The molecule has 0 atom stereocenters. The van der Waals surface area contributed by atoms with E-state index in [-0.39, 0.29) is 0 Å². The molecule has 258 valence electrons. The topological polar surface area (TPSA) is 38.7 Å². The average molecular weight is 720 g/mol. The van der Waals surface area contributed by atoms with Crippen LogP contribution in [0.4, 0.5) is 0 Å². The normalized spacial score (nSPS) is 11.3. The fraction of sp³-hybridized carbons (Fsp3) is 0. The van der Waals surface area contributed by atoms with Crippen molar-refractivity contribution >= 4 is 32.3 Å². The molecule has 0 aliphatic carbocycles. The highest BCUT2D eigenvalue weighted by molar-refractivity contribution is 7.24. The zero-order valence-corrected chi connectivity index (χ0v) is 30.6. The maximum Gasteiger partial charge on any atom is 0.160 e. The van der Waals surface area contributed by atoms with Gasteiger partial charge in [0.25, 0.3) is 0 Å². The van der Waals surface area contributed by atoms with Crippen molar-refractivity contribution < 1.29 is 0 Å². The summed E-state index contributed by atoms with van der Waals surface area (Å²) in [6.45, 7) is 0. The van der Waals surface area contributed by atoms with Crippen LogP contribution in [-0.2, 0) is 0 Å². The second kappa shape index (κ2) is 14.1. The van der Waals surface area contributed by atoms with E-state index in [0.717, 1.165) is 61.5 Å². The Kier molecular flexibility index (Phi) is 8.36. The molecule has 10 rings (SSSR count). The van der Waals surface area contributed by atoms with Crippen LogP contribution in [0.15, 0.2) is 200 Å². The first-order chi connectivity index (χ1) is 27.3. The van der Waals surface area contributed by atoms with Crippen LogP contribution in [0, 0.1) is 0 Å². The average Bonchev–Trinajstić information content (AvgIpc) is 3.69. The molecule has 0 saturated carbocycles. The quantitative estimate of drug-likeness (QED) is 0.165. The van der Waals surface area contributed by atoms with Crippen LogP contribution in [0.1, 0.15) is 0 Å². The van der Waals surface area contributed by atoms with Gasteiger partial charge in [-0.25, -0.2) is 15.0 Å². The molecule has 0 N–H and O–H groups in total. The Morgan fingerprint density at radius 3 is 1.51 bits per heavy atom. The number of hydrogen-bond donors (Lipinski definition) is 0. The summed E-state index contributed by atoms with van der Waals surface area (Å²) in [5.74, 6) is 0.706. The summed E-state index contributed by atoms with van der Waals surface area (Å²) in [4.78, 5) is 16.7. The Bertz CT molecular complexity index is 2900. The molecule has 0 bridgehead atoms. The number of para-hydroxylation sites is 1.